The summed E-state index contributed by atoms with van der Waals surface area (Å²) in [5.74, 6) is 1.85. The van der Waals surface area contributed by atoms with E-state index >= 15 is 0 Å². The highest BCUT2D eigenvalue weighted by Crippen LogP contribution is 2.39. The molecule has 3 nitrogen and oxygen atoms in total. The van der Waals surface area contributed by atoms with Crippen LogP contribution in [0.25, 0.3) is 0 Å². The minimum Gasteiger partial charge on any atom is -0.489 e. The molecule has 0 saturated carbocycles. The fraction of sp³-hybridized carbons (Fsp3) is 0.174. The lowest BCUT2D eigenvalue weighted by Crippen LogP contribution is -2.30. The van der Waals surface area contributed by atoms with Crippen LogP contribution in [0.4, 0.5) is 0 Å². The van der Waals surface area contributed by atoms with Gasteiger partial charge in [-0.2, -0.15) is 0 Å². The van der Waals surface area contributed by atoms with Crippen molar-refractivity contribution in [3.8, 4) is 5.75 Å². The molecule has 28 heavy (non-hydrogen) atoms. The first kappa shape index (κ1) is 19.1. The number of hydrogen-bond donors (Lipinski definition) is 0. The van der Waals surface area contributed by atoms with Gasteiger partial charge in [0.05, 0.1) is 0 Å². The molecule has 0 bridgehead atoms. The highest BCUT2D eigenvalue weighted by Gasteiger charge is 2.31. The smallest absolute Gasteiger partial charge is 0.255 e. The molecular weight excluding hydrogens is 434 g/mol. The molecule has 5 heteroatoms. The second-order valence-corrected chi connectivity index (χ2v) is 8.68. The summed E-state index contributed by atoms with van der Waals surface area (Å²) >= 11 is 5.25. The van der Waals surface area contributed by atoms with Gasteiger partial charge in [0.15, 0.2) is 0 Å². The number of carbonyl (C=O) groups is 1. The zero-order chi connectivity index (χ0) is 19.3. The molecule has 1 amide bonds. The predicted octanol–water partition coefficient (Wildman–Crippen LogP) is 5.92. The SMILES string of the molecule is O=C(c1cccc(Br)c1)N1CCSC1c1ccc(OCc2ccccc2)cc1. The summed E-state index contributed by atoms with van der Waals surface area (Å²) in [7, 11) is 0. The van der Waals surface area contributed by atoms with E-state index in [1.54, 1.807) is 11.8 Å². The van der Waals surface area contributed by atoms with Crippen molar-refractivity contribution in [3.63, 3.8) is 0 Å². The van der Waals surface area contributed by atoms with E-state index in [2.05, 4.69) is 40.2 Å². The van der Waals surface area contributed by atoms with Gasteiger partial charge in [0.1, 0.15) is 17.7 Å². The van der Waals surface area contributed by atoms with Crippen molar-refractivity contribution in [2.75, 3.05) is 12.3 Å². The standard InChI is InChI=1S/C23H20BrNO2S/c24-20-8-4-7-19(15-20)22(26)25-13-14-28-23(25)18-9-11-21(12-10-18)27-16-17-5-2-1-3-6-17/h1-12,15,23H,13-14,16H2. The average Bonchev–Trinajstić information content (AvgIpc) is 3.23. The maximum absolute atomic E-state index is 13.0. The third kappa shape index (κ3) is 4.42. The Hall–Kier alpha value is -2.24. The van der Waals surface area contributed by atoms with Crippen molar-refractivity contribution in [1.29, 1.82) is 0 Å². The number of thioether (sulfide) groups is 1. The first-order valence-electron chi connectivity index (χ1n) is 9.15. The lowest BCUT2D eigenvalue weighted by molar-refractivity contribution is 0.0760. The quantitative estimate of drug-likeness (QED) is 0.480. The van der Waals surface area contributed by atoms with Crippen LogP contribution in [0.5, 0.6) is 5.75 Å². The summed E-state index contributed by atoms with van der Waals surface area (Å²) in [5, 5.41) is 0.0367. The summed E-state index contributed by atoms with van der Waals surface area (Å²) in [6.07, 6.45) is 0. The van der Waals surface area contributed by atoms with Crippen LogP contribution in [-0.2, 0) is 6.61 Å². The van der Waals surface area contributed by atoms with Gasteiger partial charge < -0.3 is 9.64 Å². The Morgan fingerprint density at radius 1 is 1.04 bits per heavy atom. The number of halogens is 1. The van der Waals surface area contributed by atoms with Gasteiger partial charge >= 0.3 is 0 Å². The average molecular weight is 454 g/mol. The van der Waals surface area contributed by atoms with Gasteiger partial charge in [-0.3, -0.25) is 4.79 Å². The predicted molar refractivity (Wildman–Crippen MR) is 118 cm³/mol. The summed E-state index contributed by atoms with van der Waals surface area (Å²) < 4.78 is 6.79. The lowest BCUT2D eigenvalue weighted by Gasteiger charge is -2.24. The van der Waals surface area contributed by atoms with Crippen LogP contribution >= 0.6 is 27.7 Å². The van der Waals surface area contributed by atoms with Crippen molar-refractivity contribution in [2.45, 2.75) is 12.0 Å². The van der Waals surface area contributed by atoms with Gasteiger partial charge in [-0.1, -0.05) is 64.5 Å². The van der Waals surface area contributed by atoms with E-state index in [0.29, 0.717) is 12.2 Å². The molecule has 0 spiro atoms. The Labute approximate surface area is 177 Å². The molecular formula is C23H20BrNO2S. The first-order chi connectivity index (χ1) is 13.7. The Morgan fingerprint density at radius 2 is 1.82 bits per heavy atom. The number of ether oxygens (including phenoxy) is 1. The molecule has 1 saturated heterocycles. The monoisotopic (exact) mass is 453 g/mol. The molecule has 3 aromatic rings. The van der Waals surface area contributed by atoms with Crippen molar-refractivity contribution in [1.82, 2.24) is 4.90 Å². The zero-order valence-corrected chi connectivity index (χ0v) is 17.7. The topological polar surface area (TPSA) is 29.5 Å². The minimum absolute atomic E-state index is 0.0367. The molecule has 0 aliphatic carbocycles. The van der Waals surface area contributed by atoms with Crippen LogP contribution in [0.2, 0.25) is 0 Å². The maximum Gasteiger partial charge on any atom is 0.255 e. The van der Waals surface area contributed by atoms with Crippen LogP contribution in [0, 0.1) is 0 Å². The highest BCUT2D eigenvalue weighted by atomic mass is 79.9. The normalized spacial score (nSPS) is 16.2. The van der Waals surface area contributed by atoms with Crippen molar-refractivity contribution in [2.24, 2.45) is 0 Å². The number of amides is 1. The van der Waals surface area contributed by atoms with Crippen molar-refractivity contribution >= 4 is 33.6 Å². The van der Waals surface area contributed by atoms with Crippen molar-refractivity contribution in [3.05, 3.63) is 100 Å². The third-order valence-electron chi connectivity index (χ3n) is 4.64. The maximum atomic E-state index is 13.0. The van der Waals surface area contributed by atoms with Crippen LogP contribution < -0.4 is 4.74 Å². The summed E-state index contributed by atoms with van der Waals surface area (Å²) in [4.78, 5) is 14.9. The lowest BCUT2D eigenvalue weighted by atomic mass is 10.1. The molecule has 4 rings (SSSR count). The molecule has 3 aromatic carbocycles. The summed E-state index contributed by atoms with van der Waals surface area (Å²) in [6, 6.07) is 25.8. The van der Waals surface area contributed by atoms with Crippen LogP contribution in [0.1, 0.15) is 26.9 Å². The second-order valence-electron chi connectivity index (χ2n) is 6.58. The van der Waals surface area contributed by atoms with Gasteiger partial charge in [0.2, 0.25) is 0 Å². The van der Waals surface area contributed by atoms with Gasteiger partial charge in [0, 0.05) is 22.3 Å². The Bertz CT molecular complexity index is 946. The van der Waals surface area contributed by atoms with E-state index < -0.39 is 0 Å². The fourth-order valence-electron chi connectivity index (χ4n) is 3.21. The first-order valence-corrected chi connectivity index (χ1v) is 11.0. The molecule has 1 aliphatic heterocycles. The number of hydrogen-bond acceptors (Lipinski definition) is 3. The third-order valence-corrected chi connectivity index (χ3v) is 6.39. The van der Waals surface area contributed by atoms with Crippen LogP contribution in [0.3, 0.4) is 0 Å². The van der Waals surface area contributed by atoms with E-state index in [0.717, 1.165) is 33.6 Å². The summed E-state index contributed by atoms with van der Waals surface area (Å²) in [5.41, 5.74) is 2.98. The van der Waals surface area contributed by atoms with E-state index in [9.17, 15) is 4.79 Å². The van der Waals surface area contributed by atoms with E-state index in [-0.39, 0.29) is 11.3 Å². The van der Waals surface area contributed by atoms with Gasteiger partial charge in [0.25, 0.3) is 5.91 Å². The molecule has 0 aromatic heterocycles. The fourth-order valence-corrected chi connectivity index (χ4v) is 4.87. The van der Waals surface area contributed by atoms with Crippen LogP contribution in [0.15, 0.2) is 83.3 Å². The molecule has 0 N–H and O–H groups in total. The van der Waals surface area contributed by atoms with E-state index in [1.165, 1.54) is 0 Å². The molecule has 1 atom stereocenters. The molecule has 1 unspecified atom stereocenters. The van der Waals surface area contributed by atoms with Crippen molar-refractivity contribution < 1.29 is 9.53 Å². The summed E-state index contributed by atoms with van der Waals surface area (Å²) in [6.45, 7) is 1.30. The number of carbonyl (C=O) groups excluding carboxylic acids is 1. The second kappa shape index (κ2) is 8.84. The number of benzene rings is 3. The molecule has 1 heterocycles. The highest BCUT2D eigenvalue weighted by molar-refractivity contribution is 9.10. The Morgan fingerprint density at radius 3 is 2.57 bits per heavy atom. The van der Waals surface area contributed by atoms with E-state index in [1.807, 2.05) is 59.5 Å². The number of nitrogens with zero attached hydrogens (tertiary/aromatic N) is 1. The molecule has 1 aliphatic rings. The Balaban J connectivity index is 1.45. The largest absolute Gasteiger partial charge is 0.489 e. The van der Waals surface area contributed by atoms with Gasteiger partial charge in [-0.05, 0) is 41.5 Å². The number of rotatable bonds is 5. The molecule has 0 radical (unpaired) electrons. The molecule has 142 valence electrons. The van der Waals surface area contributed by atoms with Gasteiger partial charge in [-0.25, -0.2) is 0 Å². The Kier molecular flexibility index (Phi) is 6.03. The van der Waals surface area contributed by atoms with Crippen LogP contribution in [-0.4, -0.2) is 23.1 Å². The van der Waals surface area contributed by atoms with E-state index in [4.69, 9.17) is 4.74 Å². The zero-order valence-electron chi connectivity index (χ0n) is 15.3. The molecule has 1 fully saturated rings. The minimum atomic E-state index is 0.0367. The van der Waals surface area contributed by atoms with Gasteiger partial charge in [-0.15, -0.1) is 11.8 Å².